The number of alkyl halides is 3. The minimum atomic E-state index is -4.63. The van der Waals surface area contributed by atoms with Gasteiger partial charge in [-0.2, -0.15) is 22.8 Å². The normalized spacial score (nSPS) is 12.2. The lowest BCUT2D eigenvalue weighted by Gasteiger charge is -2.00. The van der Waals surface area contributed by atoms with Gasteiger partial charge in [0.2, 0.25) is 4.96 Å². The fraction of sp³-hybridized carbons (Fsp3) is 0.111. The van der Waals surface area contributed by atoms with E-state index in [1.807, 2.05) is 0 Å². The summed E-state index contributed by atoms with van der Waals surface area (Å²) >= 11 is 0.892. The van der Waals surface area contributed by atoms with Gasteiger partial charge in [-0.3, -0.25) is 4.98 Å². The Morgan fingerprint density at radius 2 is 2.05 bits per heavy atom. The molecule has 6 nitrogen and oxygen atoms in total. The van der Waals surface area contributed by atoms with Crippen LogP contribution in [0.4, 0.5) is 13.2 Å². The summed E-state index contributed by atoms with van der Waals surface area (Å²) in [5, 5.41) is 20.0. The molecule has 0 aromatic carbocycles. The molecule has 0 amide bonds. The average Bonchev–Trinajstić information content (AvgIpc) is 2.86. The molecule has 0 radical (unpaired) electrons. The second kappa shape index (κ2) is 3.88. The minimum Gasteiger partial charge on any atom is -0.506 e. The van der Waals surface area contributed by atoms with Gasteiger partial charge >= 0.3 is 6.18 Å². The van der Waals surface area contributed by atoms with Crippen LogP contribution in [0, 0.1) is 0 Å². The summed E-state index contributed by atoms with van der Waals surface area (Å²) in [4.78, 5) is 3.68. The summed E-state index contributed by atoms with van der Waals surface area (Å²) < 4.78 is 38.5. The number of nitrogens with zero attached hydrogens (tertiary/aromatic N) is 5. The molecular formula is C9H4F3N5OS. The van der Waals surface area contributed by atoms with E-state index in [0.717, 1.165) is 11.3 Å². The minimum absolute atomic E-state index is 0.00135. The average molecular weight is 287 g/mol. The van der Waals surface area contributed by atoms with Crippen molar-refractivity contribution in [3.8, 4) is 16.3 Å². The zero-order valence-electron chi connectivity index (χ0n) is 8.96. The molecule has 3 heterocycles. The van der Waals surface area contributed by atoms with Crippen LogP contribution in [0.2, 0.25) is 0 Å². The molecule has 10 heteroatoms. The number of aromatic nitrogens is 5. The van der Waals surface area contributed by atoms with Crippen molar-refractivity contribution >= 4 is 16.3 Å². The smallest absolute Gasteiger partial charge is 0.453 e. The summed E-state index contributed by atoms with van der Waals surface area (Å²) in [6, 6.07) is 1.45. The Kier molecular flexibility index (Phi) is 2.42. The summed E-state index contributed by atoms with van der Waals surface area (Å²) in [6.07, 6.45) is -2.05. The van der Waals surface area contributed by atoms with E-state index in [1.54, 1.807) is 0 Å². The molecule has 0 spiro atoms. The van der Waals surface area contributed by atoms with E-state index in [4.69, 9.17) is 0 Å². The van der Waals surface area contributed by atoms with Crippen LogP contribution in [0.15, 0.2) is 18.5 Å². The highest BCUT2D eigenvalue weighted by atomic mass is 32.1. The van der Waals surface area contributed by atoms with Crippen LogP contribution in [-0.2, 0) is 6.18 Å². The molecule has 0 atom stereocenters. The number of aromatic hydroxyl groups is 1. The van der Waals surface area contributed by atoms with Crippen molar-refractivity contribution in [3.63, 3.8) is 0 Å². The van der Waals surface area contributed by atoms with Gasteiger partial charge in [-0.1, -0.05) is 11.3 Å². The molecule has 98 valence electrons. The first-order valence-electron chi connectivity index (χ1n) is 4.89. The van der Waals surface area contributed by atoms with E-state index in [2.05, 4.69) is 20.3 Å². The predicted molar refractivity (Wildman–Crippen MR) is 58.6 cm³/mol. The molecule has 1 N–H and O–H groups in total. The molecular weight excluding hydrogens is 283 g/mol. The number of rotatable bonds is 1. The Morgan fingerprint density at radius 3 is 2.74 bits per heavy atom. The zero-order chi connectivity index (χ0) is 13.6. The van der Waals surface area contributed by atoms with Gasteiger partial charge in [-0.15, -0.1) is 10.2 Å². The maximum absolute atomic E-state index is 12.6. The largest absolute Gasteiger partial charge is 0.506 e. The fourth-order valence-corrected chi connectivity index (χ4v) is 2.34. The van der Waals surface area contributed by atoms with Crippen LogP contribution in [0.1, 0.15) is 5.82 Å². The molecule has 0 fully saturated rings. The van der Waals surface area contributed by atoms with Crippen LogP contribution in [0.3, 0.4) is 0 Å². The Hall–Kier alpha value is -2.23. The lowest BCUT2D eigenvalue weighted by molar-refractivity contribution is -0.146. The van der Waals surface area contributed by atoms with Gasteiger partial charge in [0.1, 0.15) is 5.75 Å². The van der Waals surface area contributed by atoms with Crippen molar-refractivity contribution in [3.05, 3.63) is 24.3 Å². The van der Waals surface area contributed by atoms with Gasteiger partial charge in [-0.25, -0.2) is 0 Å². The van der Waals surface area contributed by atoms with E-state index in [1.165, 1.54) is 18.5 Å². The SMILES string of the molecule is Oc1cnccc1-c1nn2c(C(F)(F)F)nnc2s1. The van der Waals surface area contributed by atoms with Crippen LogP contribution >= 0.6 is 11.3 Å². The highest BCUT2D eigenvalue weighted by molar-refractivity contribution is 7.19. The molecule has 0 saturated carbocycles. The fourth-order valence-electron chi connectivity index (χ4n) is 1.47. The lowest BCUT2D eigenvalue weighted by Crippen LogP contribution is -2.11. The van der Waals surface area contributed by atoms with E-state index >= 15 is 0 Å². The first-order valence-corrected chi connectivity index (χ1v) is 5.71. The third-order valence-corrected chi connectivity index (χ3v) is 3.21. The van der Waals surface area contributed by atoms with E-state index in [9.17, 15) is 18.3 Å². The van der Waals surface area contributed by atoms with Crippen LogP contribution in [-0.4, -0.2) is 29.9 Å². The van der Waals surface area contributed by atoms with Gasteiger partial charge in [0.05, 0.1) is 11.8 Å². The predicted octanol–water partition coefficient (Wildman–Crippen LogP) is 1.97. The topological polar surface area (TPSA) is 76.2 Å². The highest BCUT2D eigenvalue weighted by Gasteiger charge is 2.38. The van der Waals surface area contributed by atoms with E-state index in [-0.39, 0.29) is 15.7 Å². The first-order chi connectivity index (χ1) is 8.97. The van der Waals surface area contributed by atoms with Gasteiger partial charge in [0.15, 0.2) is 5.01 Å². The standard InChI is InChI=1S/C9H4F3N5OS/c10-9(11,12)7-14-15-8-17(7)16-6(19-8)4-1-2-13-3-5(4)18/h1-3,18H. The second-order valence-corrected chi connectivity index (χ2v) is 4.47. The van der Waals surface area contributed by atoms with Gasteiger partial charge < -0.3 is 5.11 Å². The number of hydrogen-bond donors (Lipinski definition) is 1. The van der Waals surface area contributed by atoms with Crippen molar-refractivity contribution in [2.45, 2.75) is 6.18 Å². The zero-order valence-corrected chi connectivity index (χ0v) is 9.77. The highest BCUT2D eigenvalue weighted by Crippen LogP contribution is 2.34. The molecule has 0 unspecified atom stereocenters. The molecule has 19 heavy (non-hydrogen) atoms. The van der Waals surface area contributed by atoms with Crippen molar-refractivity contribution in [2.75, 3.05) is 0 Å². The number of pyridine rings is 1. The Bertz CT molecular complexity index is 750. The number of fused-ring (bicyclic) bond motifs is 1. The third-order valence-electron chi connectivity index (χ3n) is 2.27. The van der Waals surface area contributed by atoms with Crippen molar-refractivity contribution in [1.29, 1.82) is 0 Å². The first kappa shape index (κ1) is 11.8. The molecule has 3 aromatic heterocycles. The Balaban J connectivity index is 2.18. The molecule has 0 aliphatic heterocycles. The van der Waals surface area contributed by atoms with Crippen LogP contribution in [0.25, 0.3) is 15.5 Å². The lowest BCUT2D eigenvalue weighted by atomic mass is 10.2. The maximum atomic E-state index is 12.6. The van der Waals surface area contributed by atoms with E-state index in [0.29, 0.717) is 10.1 Å². The van der Waals surface area contributed by atoms with Gasteiger partial charge in [0, 0.05) is 6.20 Å². The van der Waals surface area contributed by atoms with Crippen LogP contribution in [0.5, 0.6) is 5.75 Å². The molecule has 0 aliphatic rings. The van der Waals surface area contributed by atoms with Crippen LogP contribution < -0.4 is 0 Å². The number of hydrogen-bond acceptors (Lipinski definition) is 6. The molecule has 0 aliphatic carbocycles. The van der Waals surface area contributed by atoms with Crippen molar-refractivity contribution < 1.29 is 18.3 Å². The molecule has 0 bridgehead atoms. The van der Waals surface area contributed by atoms with Gasteiger partial charge in [0.25, 0.3) is 5.82 Å². The molecule has 0 saturated heterocycles. The van der Waals surface area contributed by atoms with Crippen molar-refractivity contribution in [1.82, 2.24) is 24.8 Å². The molecule has 3 rings (SSSR count). The monoisotopic (exact) mass is 287 g/mol. The number of halogens is 3. The Morgan fingerprint density at radius 1 is 1.26 bits per heavy atom. The Labute approximate surface area is 107 Å². The summed E-state index contributed by atoms with van der Waals surface area (Å²) in [5.74, 6) is -1.36. The van der Waals surface area contributed by atoms with E-state index < -0.39 is 12.0 Å². The second-order valence-electron chi connectivity index (χ2n) is 3.52. The van der Waals surface area contributed by atoms with Gasteiger partial charge in [-0.05, 0) is 6.07 Å². The maximum Gasteiger partial charge on any atom is 0.453 e. The quantitative estimate of drug-likeness (QED) is 0.740. The third kappa shape index (κ3) is 1.89. The summed E-state index contributed by atoms with van der Waals surface area (Å²) in [5.41, 5.74) is 0.290. The summed E-state index contributed by atoms with van der Waals surface area (Å²) in [6.45, 7) is 0. The summed E-state index contributed by atoms with van der Waals surface area (Å²) in [7, 11) is 0. The van der Waals surface area contributed by atoms with Crippen molar-refractivity contribution in [2.24, 2.45) is 0 Å². The molecule has 3 aromatic rings.